The molecule has 0 bridgehead atoms. The van der Waals surface area contributed by atoms with E-state index in [4.69, 9.17) is 0 Å². The molecular formula is C10H17N3O4S. The highest BCUT2D eigenvalue weighted by atomic mass is 32.2. The van der Waals surface area contributed by atoms with Crippen LogP contribution in [0.1, 0.15) is 20.3 Å². The molecule has 102 valence electrons. The Morgan fingerprint density at radius 2 is 2.00 bits per heavy atom. The van der Waals surface area contributed by atoms with Crippen LogP contribution in [-0.4, -0.2) is 60.5 Å². The zero-order chi connectivity index (χ0) is 13.5. The van der Waals surface area contributed by atoms with Gasteiger partial charge in [-0.1, -0.05) is 0 Å². The summed E-state index contributed by atoms with van der Waals surface area (Å²) in [6, 6.07) is -0.762. The summed E-state index contributed by atoms with van der Waals surface area (Å²) in [7, 11) is -3.31. The third kappa shape index (κ3) is 2.10. The summed E-state index contributed by atoms with van der Waals surface area (Å²) in [5.74, 6) is -0.284. The molecule has 1 N–H and O–H groups in total. The summed E-state index contributed by atoms with van der Waals surface area (Å²) in [5.41, 5.74) is 0. The maximum atomic E-state index is 12.0. The molecule has 0 aromatic heterocycles. The number of imide groups is 1. The van der Waals surface area contributed by atoms with Crippen LogP contribution in [0.25, 0.3) is 0 Å². The fourth-order valence-electron chi connectivity index (χ4n) is 2.25. The maximum Gasteiger partial charge on any atom is 0.324 e. The number of sulfonamides is 1. The fourth-order valence-corrected chi connectivity index (χ4v) is 3.59. The van der Waals surface area contributed by atoms with Crippen LogP contribution >= 0.6 is 0 Å². The zero-order valence-corrected chi connectivity index (χ0v) is 11.2. The van der Waals surface area contributed by atoms with E-state index < -0.39 is 21.3 Å². The van der Waals surface area contributed by atoms with E-state index in [9.17, 15) is 18.0 Å². The van der Waals surface area contributed by atoms with E-state index >= 15 is 0 Å². The number of hydrogen-bond donors (Lipinski definition) is 1. The molecule has 18 heavy (non-hydrogen) atoms. The van der Waals surface area contributed by atoms with Crippen molar-refractivity contribution in [2.45, 2.75) is 31.6 Å². The monoisotopic (exact) mass is 275 g/mol. The number of urea groups is 1. The van der Waals surface area contributed by atoms with Gasteiger partial charge in [-0.25, -0.2) is 13.2 Å². The van der Waals surface area contributed by atoms with Crippen LogP contribution in [0.3, 0.4) is 0 Å². The molecule has 0 radical (unpaired) electrons. The average Bonchev–Trinajstić information content (AvgIpc) is 2.86. The highest BCUT2D eigenvalue weighted by Crippen LogP contribution is 2.22. The Bertz CT molecular complexity index is 458. The van der Waals surface area contributed by atoms with E-state index in [1.807, 2.05) is 0 Å². The first-order chi connectivity index (χ1) is 8.34. The molecule has 2 heterocycles. The molecule has 0 aromatic carbocycles. The molecule has 0 saturated carbocycles. The van der Waals surface area contributed by atoms with Gasteiger partial charge < -0.3 is 5.32 Å². The van der Waals surface area contributed by atoms with Gasteiger partial charge in [0.05, 0.1) is 17.8 Å². The number of carbonyl (C=O) groups is 2. The lowest BCUT2D eigenvalue weighted by molar-refractivity contribution is -0.126. The number of carbonyl (C=O) groups excluding carboxylic acids is 2. The smallest absolute Gasteiger partial charge is 0.324 e. The van der Waals surface area contributed by atoms with Gasteiger partial charge in [-0.15, -0.1) is 0 Å². The van der Waals surface area contributed by atoms with Crippen molar-refractivity contribution >= 4 is 22.0 Å². The summed E-state index contributed by atoms with van der Waals surface area (Å²) in [6.07, 6.45) is 0.505. The molecule has 1 unspecified atom stereocenters. The minimum atomic E-state index is -3.31. The second-order valence-electron chi connectivity index (χ2n) is 4.82. The first-order valence-corrected chi connectivity index (χ1v) is 7.43. The molecule has 0 aromatic rings. The number of amides is 3. The maximum absolute atomic E-state index is 12.0. The standard InChI is InChI=1S/C10H17N3O4S/c1-7(2)18(16,17)12-4-3-8(6-12)13-9(14)5-11-10(13)15/h7-8H,3-6H2,1-2H3,(H,11,15). The van der Waals surface area contributed by atoms with Gasteiger partial charge in [0.25, 0.3) is 0 Å². The molecule has 1 atom stereocenters. The summed E-state index contributed by atoms with van der Waals surface area (Å²) in [5, 5.41) is 1.96. The lowest BCUT2D eigenvalue weighted by Crippen LogP contribution is -2.43. The van der Waals surface area contributed by atoms with Crippen LogP contribution in [0.2, 0.25) is 0 Å². The number of nitrogens with zero attached hydrogens (tertiary/aromatic N) is 2. The lowest BCUT2D eigenvalue weighted by Gasteiger charge is -2.22. The van der Waals surface area contributed by atoms with E-state index in [-0.39, 0.29) is 25.0 Å². The normalized spacial score (nSPS) is 26.2. The van der Waals surface area contributed by atoms with Gasteiger partial charge in [-0.3, -0.25) is 9.69 Å². The third-order valence-electron chi connectivity index (χ3n) is 3.33. The van der Waals surface area contributed by atoms with Gasteiger partial charge >= 0.3 is 6.03 Å². The molecule has 8 heteroatoms. The predicted molar refractivity (Wildman–Crippen MR) is 64.3 cm³/mol. The van der Waals surface area contributed by atoms with Crippen molar-refractivity contribution in [3.63, 3.8) is 0 Å². The minimum absolute atomic E-state index is 0.00621. The van der Waals surface area contributed by atoms with Crippen molar-refractivity contribution in [3.05, 3.63) is 0 Å². The van der Waals surface area contributed by atoms with Gasteiger partial charge in [0.15, 0.2) is 0 Å². The quantitative estimate of drug-likeness (QED) is 0.693. The molecule has 2 aliphatic rings. The molecule has 7 nitrogen and oxygen atoms in total. The Morgan fingerprint density at radius 1 is 1.33 bits per heavy atom. The molecule has 2 rings (SSSR count). The van der Waals surface area contributed by atoms with Crippen LogP contribution in [0, 0.1) is 0 Å². The first kappa shape index (κ1) is 13.3. The van der Waals surface area contributed by atoms with Gasteiger partial charge in [0, 0.05) is 13.1 Å². The van der Waals surface area contributed by atoms with Gasteiger partial charge in [0.1, 0.15) is 0 Å². The molecule has 0 spiro atoms. The van der Waals surface area contributed by atoms with Crippen molar-refractivity contribution < 1.29 is 18.0 Å². The van der Waals surface area contributed by atoms with E-state index in [0.29, 0.717) is 13.0 Å². The Kier molecular flexibility index (Phi) is 3.33. The Hall–Kier alpha value is -1.15. The Labute approximate surface area is 106 Å². The van der Waals surface area contributed by atoms with Crippen LogP contribution in [0.5, 0.6) is 0 Å². The first-order valence-electron chi connectivity index (χ1n) is 5.93. The number of nitrogens with one attached hydrogen (secondary N) is 1. The van der Waals surface area contributed by atoms with E-state index in [1.165, 1.54) is 4.31 Å². The molecule has 2 aliphatic heterocycles. The van der Waals surface area contributed by atoms with Crippen LogP contribution in [0.4, 0.5) is 4.79 Å². The van der Waals surface area contributed by atoms with Crippen molar-refractivity contribution in [1.82, 2.24) is 14.5 Å². The minimum Gasteiger partial charge on any atom is -0.329 e. The van der Waals surface area contributed by atoms with Crippen molar-refractivity contribution in [2.75, 3.05) is 19.6 Å². The van der Waals surface area contributed by atoms with Crippen molar-refractivity contribution in [1.29, 1.82) is 0 Å². The van der Waals surface area contributed by atoms with Gasteiger partial charge in [-0.2, -0.15) is 4.31 Å². The summed E-state index contributed by atoms with van der Waals surface area (Å²) >= 11 is 0. The highest BCUT2D eigenvalue weighted by Gasteiger charge is 2.41. The molecule has 2 fully saturated rings. The van der Waals surface area contributed by atoms with Gasteiger partial charge in [0.2, 0.25) is 15.9 Å². The SMILES string of the molecule is CC(C)S(=O)(=O)N1CCC(N2C(=O)CNC2=O)C1. The average molecular weight is 275 g/mol. The summed E-state index contributed by atoms with van der Waals surface area (Å²) < 4.78 is 25.3. The lowest BCUT2D eigenvalue weighted by atomic mass is 10.2. The fraction of sp³-hybridized carbons (Fsp3) is 0.800. The second kappa shape index (κ2) is 4.51. The molecular weight excluding hydrogens is 258 g/mol. The van der Waals surface area contributed by atoms with E-state index in [0.717, 1.165) is 4.90 Å². The third-order valence-corrected chi connectivity index (χ3v) is 5.57. The van der Waals surface area contributed by atoms with Crippen molar-refractivity contribution in [3.8, 4) is 0 Å². The Morgan fingerprint density at radius 3 is 2.50 bits per heavy atom. The highest BCUT2D eigenvalue weighted by molar-refractivity contribution is 7.89. The largest absolute Gasteiger partial charge is 0.329 e. The predicted octanol–water partition coefficient (Wildman–Crippen LogP) is -0.649. The van der Waals surface area contributed by atoms with E-state index in [2.05, 4.69) is 5.32 Å². The van der Waals surface area contributed by atoms with Gasteiger partial charge in [-0.05, 0) is 20.3 Å². The number of rotatable bonds is 3. The molecule has 3 amide bonds. The second-order valence-corrected chi connectivity index (χ2v) is 7.31. The van der Waals surface area contributed by atoms with Crippen molar-refractivity contribution in [2.24, 2.45) is 0 Å². The zero-order valence-electron chi connectivity index (χ0n) is 10.4. The summed E-state index contributed by atoms with van der Waals surface area (Å²) in [6.45, 7) is 3.82. The molecule has 2 saturated heterocycles. The topological polar surface area (TPSA) is 86.8 Å². The van der Waals surface area contributed by atoms with Crippen LogP contribution < -0.4 is 5.32 Å². The van der Waals surface area contributed by atoms with Crippen LogP contribution in [0.15, 0.2) is 0 Å². The van der Waals surface area contributed by atoms with E-state index in [1.54, 1.807) is 13.8 Å². The number of hydrogen-bond acceptors (Lipinski definition) is 4. The van der Waals surface area contributed by atoms with Crippen LogP contribution in [-0.2, 0) is 14.8 Å². The molecule has 0 aliphatic carbocycles. The summed E-state index contributed by atoms with van der Waals surface area (Å²) in [4.78, 5) is 24.2. The Balaban J connectivity index is 2.10.